The molecule has 0 spiro atoms. The number of methoxy groups -OCH3 is 2. The fourth-order valence-corrected chi connectivity index (χ4v) is 4.33. The van der Waals surface area contributed by atoms with Crippen LogP contribution in [0.2, 0.25) is 0 Å². The highest BCUT2D eigenvalue weighted by Crippen LogP contribution is 2.44. The number of ether oxygens (including phenoxy) is 3. The molecule has 0 N–H and O–H groups in total. The van der Waals surface area contributed by atoms with E-state index in [-0.39, 0.29) is 36.3 Å². The van der Waals surface area contributed by atoms with E-state index in [2.05, 4.69) is 4.74 Å². The second-order valence-electron chi connectivity index (χ2n) is 8.10. The molecule has 9 nitrogen and oxygen atoms in total. The standard InChI is InChI=1S/C25H24N2O7/c1-25-13-12-21(28)27(25)18-7-5-4-6-17(18)24(31)26(25)15-23(30)34-19-10-8-16(14-20(19)32-2)9-11-22(29)33-3/h4-11,14H,12-13,15H2,1-3H3/b11-9+. The van der Waals surface area contributed by atoms with Gasteiger partial charge < -0.3 is 19.1 Å². The van der Waals surface area contributed by atoms with E-state index in [1.165, 1.54) is 37.3 Å². The maximum absolute atomic E-state index is 13.3. The van der Waals surface area contributed by atoms with Gasteiger partial charge >= 0.3 is 11.9 Å². The monoisotopic (exact) mass is 464 g/mol. The average molecular weight is 464 g/mol. The molecule has 2 aromatic carbocycles. The molecule has 0 bridgehead atoms. The zero-order valence-corrected chi connectivity index (χ0v) is 19.1. The number of hydrogen-bond donors (Lipinski definition) is 0. The summed E-state index contributed by atoms with van der Waals surface area (Å²) in [5.74, 6) is -1.18. The topological polar surface area (TPSA) is 102 Å². The van der Waals surface area contributed by atoms with E-state index < -0.39 is 17.6 Å². The van der Waals surface area contributed by atoms with Crippen LogP contribution in [0.1, 0.15) is 35.7 Å². The summed E-state index contributed by atoms with van der Waals surface area (Å²) in [6, 6.07) is 11.7. The Morgan fingerprint density at radius 2 is 1.85 bits per heavy atom. The predicted molar refractivity (Wildman–Crippen MR) is 122 cm³/mol. The molecule has 2 aliphatic heterocycles. The number of para-hydroxylation sites is 1. The molecule has 2 aliphatic rings. The fourth-order valence-electron chi connectivity index (χ4n) is 4.33. The largest absolute Gasteiger partial charge is 0.493 e. The third-order valence-electron chi connectivity index (χ3n) is 6.06. The van der Waals surface area contributed by atoms with Crippen molar-refractivity contribution in [3.05, 3.63) is 59.7 Å². The lowest BCUT2D eigenvalue weighted by molar-refractivity contribution is -0.137. The molecule has 176 valence electrons. The number of carbonyl (C=O) groups excluding carboxylic acids is 4. The molecule has 2 amide bonds. The van der Waals surface area contributed by atoms with Crippen molar-refractivity contribution in [2.45, 2.75) is 25.4 Å². The van der Waals surface area contributed by atoms with Crippen LogP contribution in [0.4, 0.5) is 5.69 Å². The minimum atomic E-state index is -0.964. The van der Waals surface area contributed by atoms with Crippen LogP contribution < -0.4 is 14.4 Å². The van der Waals surface area contributed by atoms with Gasteiger partial charge in [0.05, 0.1) is 25.5 Å². The van der Waals surface area contributed by atoms with Crippen LogP contribution in [0.25, 0.3) is 6.08 Å². The van der Waals surface area contributed by atoms with E-state index >= 15 is 0 Å². The summed E-state index contributed by atoms with van der Waals surface area (Å²) in [7, 11) is 2.71. The first-order chi connectivity index (χ1) is 16.3. The van der Waals surface area contributed by atoms with Gasteiger partial charge in [-0.3, -0.25) is 14.5 Å². The average Bonchev–Trinajstić information content (AvgIpc) is 3.15. The normalized spacial score (nSPS) is 19.1. The Bertz CT molecular complexity index is 1210. The highest BCUT2D eigenvalue weighted by atomic mass is 16.6. The van der Waals surface area contributed by atoms with Gasteiger partial charge in [0.2, 0.25) is 5.91 Å². The predicted octanol–water partition coefficient (Wildman–Crippen LogP) is 2.79. The number of rotatable bonds is 6. The molecule has 1 unspecified atom stereocenters. The van der Waals surface area contributed by atoms with Gasteiger partial charge in [-0.2, -0.15) is 0 Å². The molecule has 2 aromatic rings. The summed E-state index contributed by atoms with van der Waals surface area (Å²) in [6.45, 7) is 1.43. The number of benzene rings is 2. The van der Waals surface area contributed by atoms with E-state index in [0.717, 1.165) is 0 Å². The first-order valence-corrected chi connectivity index (χ1v) is 10.7. The Kier molecular flexibility index (Phi) is 6.10. The van der Waals surface area contributed by atoms with Crippen molar-refractivity contribution in [2.75, 3.05) is 25.7 Å². The van der Waals surface area contributed by atoms with E-state index in [1.807, 2.05) is 0 Å². The van der Waals surface area contributed by atoms with Gasteiger partial charge in [0.1, 0.15) is 12.2 Å². The maximum atomic E-state index is 13.3. The van der Waals surface area contributed by atoms with E-state index in [1.54, 1.807) is 48.2 Å². The Balaban J connectivity index is 1.56. The quantitative estimate of drug-likeness (QED) is 0.368. The van der Waals surface area contributed by atoms with Crippen molar-refractivity contribution in [1.82, 2.24) is 4.90 Å². The molecular weight excluding hydrogens is 440 g/mol. The van der Waals surface area contributed by atoms with Gasteiger partial charge in [-0.25, -0.2) is 9.59 Å². The summed E-state index contributed by atoms with van der Waals surface area (Å²) >= 11 is 0. The Morgan fingerprint density at radius 3 is 2.59 bits per heavy atom. The minimum Gasteiger partial charge on any atom is -0.493 e. The van der Waals surface area contributed by atoms with E-state index in [0.29, 0.717) is 23.2 Å². The molecular formula is C25H24N2O7. The first-order valence-electron chi connectivity index (χ1n) is 10.7. The molecule has 2 heterocycles. The molecule has 9 heteroatoms. The summed E-state index contributed by atoms with van der Waals surface area (Å²) in [6.07, 6.45) is 3.48. The highest BCUT2D eigenvalue weighted by molar-refractivity contribution is 6.11. The second-order valence-corrected chi connectivity index (χ2v) is 8.10. The molecule has 1 saturated heterocycles. The van der Waals surface area contributed by atoms with Crippen molar-refractivity contribution < 1.29 is 33.4 Å². The van der Waals surface area contributed by atoms with Crippen LogP contribution in [0.5, 0.6) is 11.5 Å². The zero-order valence-electron chi connectivity index (χ0n) is 19.1. The molecule has 34 heavy (non-hydrogen) atoms. The smallest absolute Gasteiger partial charge is 0.331 e. The van der Waals surface area contributed by atoms with Gasteiger partial charge in [-0.05, 0) is 49.2 Å². The molecule has 1 atom stereocenters. The Hall–Kier alpha value is -4.14. The molecule has 0 radical (unpaired) electrons. The van der Waals surface area contributed by atoms with Gasteiger partial charge in [-0.15, -0.1) is 0 Å². The molecule has 1 fully saturated rings. The van der Waals surface area contributed by atoms with E-state index in [9.17, 15) is 19.2 Å². The number of nitrogens with zero attached hydrogens (tertiary/aromatic N) is 2. The number of hydrogen-bond acceptors (Lipinski definition) is 7. The van der Waals surface area contributed by atoms with Crippen LogP contribution in [0.3, 0.4) is 0 Å². The lowest BCUT2D eigenvalue weighted by Crippen LogP contribution is -2.63. The molecule has 0 saturated carbocycles. The lowest BCUT2D eigenvalue weighted by atomic mass is 9.98. The minimum absolute atomic E-state index is 0.0990. The lowest BCUT2D eigenvalue weighted by Gasteiger charge is -2.48. The number of amides is 2. The zero-order chi connectivity index (χ0) is 24.5. The summed E-state index contributed by atoms with van der Waals surface area (Å²) in [5, 5.41) is 0. The SMILES string of the molecule is COC(=O)/C=C/c1ccc(OC(=O)CN2C(=O)c3ccccc3N3C(=O)CCC23C)c(OC)c1. The number of anilines is 1. The molecule has 0 aliphatic carbocycles. The molecule has 0 aromatic heterocycles. The number of carbonyl (C=O) groups is 4. The summed E-state index contributed by atoms with van der Waals surface area (Å²) < 4.78 is 15.4. The van der Waals surface area contributed by atoms with E-state index in [4.69, 9.17) is 9.47 Å². The maximum Gasteiger partial charge on any atom is 0.331 e. The number of fused-ring (bicyclic) bond motifs is 3. The first kappa shape index (κ1) is 23.0. The van der Waals surface area contributed by atoms with Crippen molar-refractivity contribution in [3.8, 4) is 11.5 Å². The van der Waals surface area contributed by atoms with Crippen LogP contribution in [0.15, 0.2) is 48.5 Å². The van der Waals surface area contributed by atoms with Crippen molar-refractivity contribution in [1.29, 1.82) is 0 Å². The second kappa shape index (κ2) is 9.01. The van der Waals surface area contributed by atoms with Crippen molar-refractivity contribution >= 4 is 35.5 Å². The van der Waals surface area contributed by atoms with Crippen molar-refractivity contribution in [2.24, 2.45) is 0 Å². The fraction of sp³-hybridized carbons (Fsp3) is 0.280. The Labute approximate surface area is 196 Å². The Morgan fingerprint density at radius 1 is 1.09 bits per heavy atom. The third-order valence-corrected chi connectivity index (χ3v) is 6.06. The molecule has 4 rings (SSSR count). The van der Waals surface area contributed by atoms with Gasteiger partial charge in [0, 0.05) is 12.5 Å². The summed E-state index contributed by atoms with van der Waals surface area (Å²) in [4.78, 5) is 53.1. The van der Waals surface area contributed by atoms with Crippen LogP contribution in [0, 0.1) is 0 Å². The van der Waals surface area contributed by atoms with Gasteiger partial charge in [0.25, 0.3) is 5.91 Å². The van der Waals surface area contributed by atoms with Crippen LogP contribution >= 0.6 is 0 Å². The summed E-state index contributed by atoms with van der Waals surface area (Å²) in [5.41, 5.74) is 0.591. The third kappa shape index (κ3) is 4.00. The van der Waals surface area contributed by atoms with Gasteiger partial charge in [-0.1, -0.05) is 18.2 Å². The number of esters is 2. The van der Waals surface area contributed by atoms with Crippen LogP contribution in [-0.4, -0.2) is 55.1 Å². The van der Waals surface area contributed by atoms with Crippen molar-refractivity contribution in [3.63, 3.8) is 0 Å². The van der Waals surface area contributed by atoms with Crippen LogP contribution in [-0.2, 0) is 19.1 Å². The van der Waals surface area contributed by atoms with Gasteiger partial charge in [0.15, 0.2) is 11.5 Å². The highest BCUT2D eigenvalue weighted by Gasteiger charge is 2.53.